The number of nitrogens with two attached hydrogens (primary N) is 3. The van der Waals surface area contributed by atoms with Gasteiger partial charge in [0.05, 0.1) is 4.90 Å². The van der Waals surface area contributed by atoms with Crippen LogP contribution in [0, 0.1) is 5.41 Å². The molecule has 1 amide bonds. The number of aliphatic imine (C=N–C) groups is 1. The third kappa shape index (κ3) is 7.11. The molecule has 1 atom stereocenters. The number of carbonyl (C=O) groups excluding carboxylic acids is 1. The molecule has 10 heteroatoms. The minimum absolute atomic E-state index is 0.0300. The third-order valence-corrected chi connectivity index (χ3v) is 6.37. The van der Waals surface area contributed by atoms with Gasteiger partial charge in [0.1, 0.15) is 5.84 Å². The lowest BCUT2D eigenvalue weighted by Crippen LogP contribution is -2.18. The number of anilines is 1. The van der Waals surface area contributed by atoms with Crippen molar-refractivity contribution in [3.05, 3.63) is 96.2 Å². The van der Waals surface area contributed by atoms with Gasteiger partial charge in [-0.05, 0) is 47.7 Å². The molecule has 0 spiro atoms. The summed E-state index contributed by atoms with van der Waals surface area (Å²) in [6, 6.07) is 20.5. The Kier molecular flexibility index (Phi) is 8.71. The van der Waals surface area contributed by atoms with Crippen LogP contribution < -0.4 is 21.9 Å². The first-order valence-electron chi connectivity index (χ1n) is 11.0. The van der Waals surface area contributed by atoms with Gasteiger partial charge in [-0.2, -0.15) is 0 Å². The first kappa shape index (κ1) is 26.3. The van der Waals surface area contributed by atoms with Crippen LogP contribution in [0.1, 0.15) is 23.5 Å². The number of nitrogen functional groups attached to an aromatic ring is 1. The maximum absolute atomic E-state index is 12.9. The number of carbonyl (C=O) groups is 1. The van der Waals surface area contributed by atoms with Crippen LogP contribution >= 0.6 is 0 Å². The molecule has 36 heavy (non-hydrogen) atoms. The second kappa shape index (κ2) is 11.9. The lowest BCUT2D eigenvalue weighted by atomic mass is 9.93. The maximum atomic E-state index is 12.9. The van der Waals surface area contributed by atoms with Crippen molar-refractivity contribution in [2.24, 2.45) is 21.6 Å². The highest BCUT2D eigenvalue weighted by Crippen LogP contribution is 2.28. The lowest BCUT2D eigenvalue weighted by Gasteiger charge is -2.16. The van der Waals surface area contributed by atoms with Crippen LogP contribution in [0.15, 0.2) is 95.0 Å². The van der Waals surface area contributed by atoms with Crippen molar-refractivity contribution >= 4 is 33.7 Å². The highest BCUT2D eigenvalue weighted by molar-refractivity contribution is 7.89. The van der Waals surface area contributed by atoms with Gasteiger partial charge in [-0.15, -0.1) is 0 Å². The monoisotopic (exact) mass is 504 g/mol. The summed E-state index contributed by atoms with van der Waals surface area (Å²) >= 11 is 0. The number of hydrogen-bond acceptors (Lipinski definition) is 6. The number of amides is 1. The molecule has 186 valence electrons. The molecule has 0 bridgehead atoms. The number of nitrogens with one attached hydrogen (secondary N) is 2. The fourth-order valence-corrected chi connectivity index (χ4v) is 4.43. The van der Waals surface area contributed by atoms with Crippen LogP contribution in [0.3, 0.4) is 0 Å². The predicted octanol–water partition coefficient (Wildman–Crippen LogP) is 2.94. The Morgan fingerprint density at radius 3 is 2.44 bits per heavy atom. The molecule has 0 saturated carbocycles. The van der Waals surface area contributed by atoms with Gasteiger partial charge >= 0.3 is 0 Å². The minimum atomic E-state index is -3.88. The van der Waals surface area contributed by atoms with Crippen molar-refractivity contribution < 1.29 is 13.2 Å². The quantitative estimate of drug-likeness (QED) is 0.210. The minimum Gasteiger partial charge on any atom is -0.405 e. The fourth-order valence-electron chi connectivity index (χ4n) is 3.67. The van der Waals surface area contributed by atoms with E-state index in [-0.39, 0.29) is 29.0 Å². The third-order valence-electron chi connectivity index (χ3n) is 5.40. The molecule has 8 N–H and O–H groups in total. The van der Waals surface area contributed by atoms with E-state index in [2.05, 4.69) is 10.3 Å². The number of hydrogen-bond donors (Lipinski definition) is 5. The number of rotatable bonds is 10. The molecular formula is C26H28N6O3S. The maximum Gasteiger partial charge on any atom is 0.238 e. The molecule has 0 radical (unpaired) electrons. The number of nitrogens with zero attached hydrogens (tertiary/aromatic N) is 1. The molecule has 9 nitrogen and oxygen atoms in total. The molecule has 0 saturated heterocycles. The van der Waals surface area contributed by atoms with E-state index in [0.29, 0.717) is 28.9 Å². The average Bonchev–Trinajstić information content (AvgIpc) is 2.86. The highest BCUT2D eigenvalue weighted by Gasteiger charge is 2.18. The van der Waals surface area contributed by atoms with E-state index in [4.69, 9.17) is 22.0 Å². The van der Waals surface area contributed by atoms with Gasteiger partial charge in [0.15, 0.2) is 0 Å². The van der Waals surface area contributed by atoms with Crippen molar-refractivity contribution in [3.63, 3.8) is 0 Å². The fraction of sp³-hybridized carbons (Fsp3) is 0.115. The summed E-state index contributed by atoms with van der Waals surface area (Å²) in [6.07, 6.45) is 4.67. The van der Waals surface area contributed by atoms with Crippen molar-refractivity contribution in [1.82, 2.24) is 0 Å². The molecule has 3 aromatic rings. The van der Waals surface area contributed by atoms with Crippen molar-refractivity contribution in [3.8, 4) is 11.1 Å². The normalized spacial score (nSPS) is 12.6. The van der Waals surface area contributed by atoms with Gasteiger partial charge in [-0.3, -0.25) is 15.2 Å². The van der Waals surface area contributed by atoms with E-state index >= 15 is 0 Å². The summed E-state index contributed by atoms with van der Waals surface area (Å²) in [4.78, 5) is 17.2. The second-order valence-electron chi connectivity index (χ2n) is 8.01. The smallest absolute Gasteiger partial charge is 0.238 e. The Bertz CT molecular complexity index is 1400. The van der Waals surface area contributed by atoms with Crippen molar-refractivity contribution in [1.29, 1.82) is 5.41 Å². The zero-order chi connectivity index (χ0) is 26.1. The summed E-state index contributed by atoms with van der Waals surface area (Å²) in [5, 5.41) is 15.9. The Balaban J connectivity index is 1.77. The Labute approximate surface area is 210 Å². The lowest BCUT2D eigenvalue weighted by molar-refractivity contribution is -0.116. The van der Waals surface area contributed by atoms with E-state index in [1.807, 2.05) is 6.07 Å². The predicted molar refractivity (Wildman–Crippen MR) is 143 cm³/mol. The molecule has 1 unspecified atom stereocenters. The summed E-state index contributed by atoms with van der Waals surface area (Å²) in [6.45, 7) is 0.336. The molecule has 0 fully saturated rings. The van der Waals surface area contributed by atoms with Crippen LogP contribution in [-0.2, 0) is 14.8 Å². The van der Waals surface area contributed by atoms with Gasteiger partial charge in [0, 0.05) is 41.9 Å². The zero-order valence-electron chi connectivity index (χ0n) is 19.5. The van der Waals surface area contributed by atoms with Crippen LogP contribution in [0.2, 0.25) is 0 Å². The van der Waals surface area contributed by atoms with E-state index < -0.39 is 10.0 Å². The molecule has 0 aliphatic rings. The number of amidine groups is 1. The topological polar surface area (TPSA) is 178 Å². The van der Waals surface area contributed by atoms with Crippen LogP contribution in [0.25, 0.3) is 11.1 Å². The van der Waals surface area contributed by atoms with Crippen molar-refractivity contribution in [2.75, 3.05) is 11.9 Å². The number of allylic oxidation sites excluding steroid dienone is 1. The largest absolute Gasteiger partial charge is 0.405 e. The molecule has 0 aromatic heterocycles. The molecule has 0 aliphatic carbocycles. The Morgan fingerprint density at radius 1 is 1.06 bits per heavy atom. The molecule has 0 aliphatic heterocycles. The van der Waals surface area contributed by atoms with E-state index in [1.54, 1.807) is 73.0 Å². The van der Waals surface area contributed by atoms with E-state index in [1.165, 1.54) is 12.3 Å². The van der Waals surface area contributed by atoms with Crippen LogP contribution in [0.4, 0.5) is 5.69 Å². The summed E-state index contributed by atoms with van der Waals surface area (Å²) < 4.78 is 23.8. The summed E-state index contributed by atoms with van der Waals surface area (Å²) in [5.74, 6) is -0.540. The molecule has 3 rings (SSSR count). The van der Waals surface area contributed by atoms with E-state index in [0.717, 1.165) is 5.56 Å². The number of benzene rings is 3. The van der Waals surface area contributed by atoms with Gasteiger partial charge in [0.25, 0.3) is 0 Å². The number of primary sulfonamides is 1. The molecular weight excluding hydrogens is 476 g/mol. The van der Waals surface area contributed by atoms with E-state index in [9.17, 15) is 13.2 Å². The summed E-state index contributed by atoms with van der Waals surface area (Å²) in [5.41, 5.74) is 14.1. The summed E-state index contributed by atoms with van der Waals surface area (Å²) in [7, 11) is -3.88. The second-order valence-corrected chi connectivity index (χ2v) is 9.54. The van der Waals surface area contributed by atoms with Gasteiger partial charge < -0.3 is 16.8 Å². The highest BCUT2D eigenvalue weighted by atomic mass is 32.2. The van der Waals surface area contributed by atoms with Crippen molar-refractivity contribution in [2.45, 2.75) is 17.2 Å². The Hall–Kier alpha value is -4.28. The van der Waals surface area contributed by atoms with Crippen LogP contribution in [0.5, 0.6) is 0 Å². The van der Waals surface area contributed by atoms with Gasteiger partial charge in [-0.25, -0.2) is 13.6 Å². The Morgan fingerprint density at radius 2 is 1.78 bits per heavy atom. The zero-order valence-corrected chi connectivity index (χ0v) is 20.3. The molecule has 0 heterocycles. The van der Waals surface area contributed by atoms with Crippen LogP contribution in [-0.4, -0.2) is 32.9 Å². The SMILES string of the molecule is N=C(N)c1cccc(C(CN=CC=CN)CC(=O)Nc2ccc(-c3ccccc3S(N)(=O)=O)cc2)c1. The standard InChI is InChI=1S/C26H28N6O3S/c27-13-4-14-31-17-21(19-5-3-6-20(15-19)26(28)29)16-25(33)32-22-11-9-18(10-12-22)23-7-1-2-8-24(23)36(30,34)35/h1-15,21H,16-17,27H2,(H3,28,29)(H,32,33)(H2,30,34,35). The first-order chi connectivity index (χ1) is 17.2. The van der Waals surface area contributed by atoms with Gasteiger partial charge in [0.2, 0.25) is 15.9 Å². The average molecular weight is 505 g/mol. The molecule has 3 aromatic carbocycles. The number of sulfonamides is 1. The van der Waals surface area contributed by atoms with Gasteiger partial charge in [-0.1, -0.05) is 48.5 Å². The first-order valence-corrected chi connectivity index (χ1v) is 12.6.